The molecule has 1 aliphatic heterocycles. The van der Waals surface area contributed by atoms with Crippen molar-refractivity contribution in [2.45, 2.75) is 50.6 Å². The van der Waals surface area contributed by atoms with Gasteiger partial charge in [0.1, 0.15) is 5.82 Å². The van der Waals surface area contributed by atoms with E-state index in [2.05, 4.69) is 20.5 Å². The maximum absolute atomic E-state index is 13.3. The Morgan fingerprint density at radius 3 is 2.44 bits per heavy atom. The first-order valence-electron chi connectivity index (χ1n) is 12.1. The predicted molar refractivity (Wildman–Crippen MR) is 134 cm³/mol. The summed E-state index contributed by atoms with van der Waals surface area (Å²) in [4.78, 5) is 30.4. The van der Waals surface area contributed by atoms with E-state index in [0.717, 1.165) is 12.8 Å². The fourth-order valence-electron chi connectivity index (χ4n) is 4.56. The Bertz CT molecular complexity index is 1330. The lowest BCUT2D eigenvalue weighted by molar-refractivity contribution is -0.119. The lowest BCUT2D eigenvalue weighted by atomic mass is 10.0. The number of carbonyl (C=O) groups excluding carboxylic acids is 2. The highest BCUT2D eigenvalue weighted by molar-refractivity contribution is 6.39. The number of hydrogen-bond acceptors (Lipinski definition) is 5. The number of halogens is 2. The number of amides is 2. The van der Waals surface area contributed by atoms with Gasteiger partial charge in [0.05, 0.1) is 27.4 Å². The zero-order valence-electron chi connectivity index (χ0n) is 19.8. The van der Waals surface area contributed by atoms with Crippen LogP contribution in [0.5, 0.6) is 5.88 Å². The number of aromatic amines is 1. The summed E-state index contributed by atoms with van der Waals surface area (Å²) in [6.07, 6.45) is 4.24. The number of H-pyrrole nitrogens is 1. The molecule has 0 bridgehead atoms. The SMILES string of the molecule is CC(C(=O)N=Nc1c(O)[nH]c2ccc(C(=O)N3CCC(NC4CC4)CC3)c(Cl)c12)c1ccc(F)cc1. The molecule has 2 aromatic carbocycles. The molecule has 36 heavy (non-hydrogen) atoms. The van der Waals surface area contributed by atoms with Gasteiger partial charge in [0.15, 0.2) is 5.69 Å². The summed E-state index contributed by atoms with van der Waals surface area (Å²) in [5.41, 5.74) is 1.34. The summed E-state index contributed by atoms with van der Waals surface area (Å²) in [7, 11) is 0. The zero-order chi connectivity index (χ0) is 25.4. The van der Waals surface area contributed by atoms with Crippen LogP contribution >= 0.6 is 11.6 Å². The van der Waals surface area contributed by atoms with Crippen molar-refractivity contribution >= 4 is 40.0 Å². The monoisotopic (exact) mass is 511 g/mol. The summed E-state index contributed by atoms with van der Waals surface area (Å²) in [6, 6.07) is 9.90. The first-order valence-corrected chi connectivity index (χ1v) is 12.5. The molecule has 1 unspecified atom stereocenters. The van der Waals surface area contributed by atoms with E-state index < -0.39 is 17.6 Å². The minimum absolute atomic E-state index is 0.0170. The molecule has 8 nitrogen and oxygen atoms in total. The number of rotatable bonds is 6. The first kappa shape index (κ1) is 24.4. The van der Waals surface area contributed by atoms with Gasteiger partial charge >= 0.3 is 0 Å². The highest BCUT2D eigenvalue weighted by Crippen LogP contribution is 2.41. The van der Waals surface area contributed by atoms with Crippen LogP contribution in [-0.4, -0.2) is 52.0 Å². The summed E-state index contributed by atoms with van der Waals surface area (Å²) >= 11 is 6.66. The van der Waals surface area contributed by atoms with Crippen LogP contribution in [0.2, 0.25) is 5.02 Å². The number of nitrogens with one attached hydrogen (secondary N) is 2. The standard InChI is InChI=1S/C26H27ClFN5O3/c1-14(15-2-4-16(28)5-3-15)24(34)32-31-23-21-20(30-25(23)35)9-8-19(22(21)27)26(36)33-12-10-18(11-13-33)29-17-6-7-17/h2-5,8-9,14,17-18,29-30,35H,6-7,10-13H2,1H3. The van der Waals surface area contributed by atoms with Crippen LogP contribution < -0.4 is 5.32 Å². The second kappa shape index (κ2) is 9.99. The Balaban J connectivity index is 1.35. The molecule has 0 radical (unpaired) electrons. The first-order chi connectivity index (χ1) is 17.3. The normalized spacial score (nSPS) is 17.7. The highest BCUT2D eigenvalue weighted by atomic mass is 35.5. The van der Waals surface area contributed by atoms with Crippen LogP contribution in [-0.2, 0) is 4.79 Å². The molecule has 2 aliphatic rings. The van der Waals surface area contributed by atoms with Crippen molar-refractivity contribution in [3.8, 4) is 5.88 Å². The van der Waals surface area contributed by atoms with Gasteiger partial charge in [0, 0.05) is 25.2 Å². The van der Waals surface area contributed by atoms with E-state index in [9.17, 15) is 19.1 Å². The Labute approximate surface area is 212 Å². The number of hydrogen-bond donors (Lipinski definition) is 3. The number of aromatic nitrogens is 1. The van der Waals surface area contributed by atoms with Crippen molar-refractivity contribution in [1.29, 1.82) is 0 Å². The quantitative estimate of drug-likeness (QED) is 0.383. The summed E-state index contributed by atoms with van der Waals surface area (Å²) in [5, 5.41) is 22.2. The molecular formula is C26H27ClFN5O3. The number of carbonyl (C=O) groups is 2. The fraction of sp³-hybridized carbons (Fsp3) is 0.385. The molecule has 5 rings (SSSR count). The zero-order valence-corrected chi connectivity index (χ0v) is 20.6. The van der Waals surface area contributed by atoms with E-state index in [1.807, 2.05) is 0 Å². The number of nitrogens with zero attached hydrogens (tertiary/aromatic N) is 3. The second-order valence-electron chi connectivity index (χ2n) is 9.49. The van der Waals surface area contributed by atoms with E-state index >= 15 is 0 Å². The fourth-order valence-corrected chi connectivity index (χ4v) is 4.90. The van der Waals surface area contributed by atoms with E-state index in [0.29, 0.717) is 47.2 Å². The van der Waals surface area contributed by atoms with Crippen molar-refractivity contribution in [2.24, 2.45) is 10.2 Å². The summed E-state index contributed by atoms with van der Waals surface area (Å²) < 4.78 is 13.2. The third-order valence-corrected chi connectivity index (χ3v) is 7.30. The molecular weight excluding hydrogens is 485 g/mol. The summed E-state index contributed by atoms with van der Waals surface area (Å²) in [5.74, 6) is -2.12. The smallest absolute Gasteiger partial charge is 0.271 e. The van der Waals surface area contributed by atoms with Gasteiger partial charge in [-0.3, -0.25) is 9.59 Å². The lowest BCUT2D eigenvalue weighted by Crippen LogP contribution is -2.45. The summed E-state index contributed by atoms with van der Waals surface area (Å²) in [6.45, 7) is 2.91. The molecule has 1 saturated heterocycles. The van der Waals surface area contributed by atoms with E-state index in [1.165, 1.54) is 37.1 Å². The maximum atomic E-state index is 13.3. The minimum atomic E-state index is -0.661. The van der Waals surface area contributed by atoms with Gasteiger partial charge in [-0.2, -0.15) is 0 Å². The van der Waals surface area contributed by atoms with Gasteiger partial charge in [-0.15, -0.1) is 10.2 Å². The van der Waals surface area contributed by atoms with Crippen LogP contribution in [0.1, 0.15) is 54.4 Å². The van der Waals surface area contributed by atoms with E-state index in [4.69, 9.17) is 11.6 Å². The molecule has 0 spiro atoms. The third kappa shape index (κ3) is 4.99. The number of piperidine rings is 1. The molecule has 1 atom stereocenters. The number of benzene rings is 2. The van der Waals surface area contributed by atoms with Crippen molar-refractivity contribution in [3.63, 3.8) is 0 Å². The number of aromatic hydroxyl groups is 1. The third-order valence-electron chi connectivity index (χ3n) is 6.91. The molecule has 1 aliphatic carbocycles. The highest BCUT2D eigenvalue weighted by Gasteiger charge is 2.30. The number of fused-ring (bicyclic) bond motifs is 1. The Morgan fingerprint density at radius 2 is 1.78 bits per heavy atom. The Kier molecular flexibility index (Phi) is 6.77. The van der Waals surface area contributed by atoms with Gasteiger partial charge in [-0.05, 0) is 62.4 Å². The van der Waals surface area contributed by atoms with Crippen LogP contribution in [0.15, 0.2) is 46.6 Å². The Hall–Kier alpha value is -3.30. The predicted octanol–water partition coefficient (Wildman–Crippen LogP) is 5.44. The van der Waals surface area contributed by atoms with Crippen LogP contribution in [0.25, 0.3) is 10.9 Å². The number of azo groups is 1. The lowest BCUT2D eigenvalue weighted by Gasteiger charge is -2.32. The van der Waals surface area contributed by atoms with Crippen molar-refractivity contribution in [2.75, 3.05) is 13.1 Å². The van der Waals surface area contributed by atoms with Crippen molar-refractivity contribution < 1.29 is 19.1 Å². The topological polar surface area (TPSA) is 110 Å². The second-order valence-corrected chi connectivity index (χ2v) is 9.87. The largest absolute Gasteiger partial charge is 0.493 e. The van der Waals surface area contributed by atoms with Gasteiger partial charge in [0.2, 0.25) is 5.88 Å². The molecule has 2 amide bonds. The molecule has 10 heteroatoms. The van der Waals surface area contributed by atoms with Crippen LogP contribution in [0.3, 0.4) is 0 Å². The van der Waals surface area contributed by atoms with E-state index in [-0.39, 0.29) is 22.5 Å². The average molecular weight is 512 g/mol. The van der Waals surface area contributed by atoms with Gasteiger partial charge in [-0.1, -0.05) is 23.7 Å². The van der Waals surface area contributed by atoms with Crippen molar-refractivity contribution in [1.82, 2.24) is 15.2 Å². The van der Waals surface area contributed by atoms with Crippen LogP contribution in [0.4, 0.5) is 10.1 Å². The van der Waals surface area contributed by atoms with E-state index in [1.54, 1.807) is 24.0 Å². The molecule has 2 fully saturated rings. The molecule has 3 aromatic rings. The van der Waals surface area contributed by atoms with Gasteiger partial charge in [-0.25, -0.2) is 4.39 Å². The molecule has 1 aromatic heterocycles. The number of likely N-dealkylation sites (tertiary alicyclic amines) is 1. The van der Waals surface area contributed by atoms with Gasteiger partial charge in [0.25, 0.3) is 11.8 Å². The van der Waals surface area contributed by atoms with Crippen LogP contribution in [0, 0.1) is 5.82 Å². The average Bonchev–Trinajstić information content (AvgIpc) is 3.63. The minimum Gasteiger partial charge on any atom is -0.493 e. The molecule has 2 heterocycles. The molecule has 1 saturated carbocycles. The maximum Gasteiger partial charge on any atom is 0.271 e. The molecule has 3 N–H and O–H groups in total. The van der Waals surface area contributed by atoms with Gasteiger partial charge < -0.3 is 20.3 Å². The molecule has 188 valence electrons. The Morgan fingerprint density at radius 1 is 1.11 bits per heavy atom. The van der Waals surface area contributed by atoms with Crippen molar-refractivity contribution in [3.05, 3.63) is 58.4 Å².